The molecule has 0 aliphatic rings. The number of nitrogen functional groups attached to an aromatic ring is 1. The number of hydrogen-bond acceptors (Lipinski definition) is 7. The SMILES string of the molecule is CCOC(=O)c1ccsc1NS(=O)(=O)c1cn(C)nc1N. The van der Waals surface area contributed by atoms with Gasteiger partial charge in [-0.25, -0.2) is 13.2 Å². The molecule has 0 atom stereocenters. The van der Waals surface area contributed by atoms with Gasteiger partial charge in [-0.1, -0.05) is 0 Å². The first-order valence-electron chi connectivity index (χ1n) is 5.91. The fourth-order valence-electron chi connectivity index (χ4n) is 1.63. The molecule has 114 valence electrons. The van der Waals surface area contributed by atoms with Crippen LogP contribution in [0.5, 0.6) is 0 Å². The lowest BCUT2D eigenvalue weighted by molar-refractivity contribution is 0.0528. The Morgan fingerprint density at radius 2 is 2.29 bits per heavy atom. The van der Waals surface area contributed by atoms with Gasteiger partial charge in [0.05, 0.1) is 12.2 Å². The van der Waals surface area contributed by atoms with E-state index in [0.29, 0.717) is 0 Å². The molecule has 0 spiro atoms. The van der Waals surface area contributed by atoms with Crippen LogP contribution in [0.25, 0.3) is 0 Å². The maximum Gasteiger partial charge on any atom is 0.341 e. The van der Waals surface area contributed by atoms with Gasteiger partial charge in [0.2, 0.25) is 0 Å². The Hall–Kier alpha value is -2.07. The van der Waals surface area contributed by atoms with E-state index in [4.69, 9.17) is 10.5 Å². The Morgan fingerprint density at radius 3 is 2.86 bits per heavy atom. The molecule has 0 unspecified atom stereocenters. The number of nitrogens with zero attached hydrogens (tertiary/aromatic N) is 2. The van der Waals surface area contributed by atoms with E-state index in [1.54, 1.807) is 19.4 Å². The number of thiophene rings is 1. The summed E-state index contributed by atoms with van der Waals surface area (Å²) in [7, 11) is -2.36. The highest BCUT2D eigenvalue weighted by Crippen LogP contribution is 2.28. The van der Waals surface area contributed by atoms with Crippen LogP contribution in [-0.2, 0) is 21.8 Å². The number of anilines is 2. The third kappa shape index (κ3) is 3.16. The number of hydrogen-bond donors (Lipinski definition) is 2. The largest absolute Gasteiger partial charge is 0.462 e. The highest BCUT2D eigenvalue weighted by Gasteiger charge is 2.24. The minimum Gasteiger partial charge on any atom is -0.462 e. The normalized spacial score (nSPS) is 11.3. The maximum atomic E-state index is 12.3. The number of carbonyl (C=O) groups is 1. The Morgan fingerprint density at radius 1 is 1.57 bits per heavy atom. The second-order valence-electron chi connectivity index (χ2n) is 4.04. The number of ether oxygens (including phenoxy) is 1. The molecular weight excluding hydrogens is 316 g/mol. The van der Waals surface area contributed by atoms with E-state index >= 15 is 0 Å². The van der Waals surface area contributed by atoms with E-state index < -0.39 is 16.0 Å². The fraction of sp³-hybridized carbons (Fsp3) is 0.273. The highest BCUT2D eigenvalue weighted by atomic mass is 32.2. The molecule has 2 rings (SSSR count). The first kappa shape index (κ1) is 15.3. The lowest BCUT2D eigenvalue weighted by Gasteiger charge is -2.07. The molecule has 0 radical (unpaired) electrons. The Kier molecular flexibility index (Phi) is 4.19. The van der Waals surface area contributed by atoms with Crippen molar-refractivity contribution < 1.29 is 17.9 Å². The van der Waals surface area contributed by atoms with E-state index in [2.05, 4.69) is 9.82 Å². The monoisotopic (exact) mass is 330 g/mol. The second kappa shape index (κ2) is 5.74. The average Bonchev–Trinajstić information content (AvgIpc) is 2.96. The summed E-state index contributed by atoms with van der Waals surface area (Å²) in [6, 6.07) is 1.49. The number of nitrogens with one attached hydrogen (secondary N) is 1. The summed E-state index contributed by atoms with van der Waals surface area (Å²) < 4.78 is 33.0. The van der Waals surface area contributed by atoms with Crippen molar-refractivity contribution in [2.45, 2.75) is 11.8 Å². The molecule has 0 aliphatic heterocycles. The van der Waals surface area contributed by atoms with Gasteiger partial charge in [0.15, 0.2) is 5.82 Å². The molecule has 0 amide bonds. The molecular formula is C11H14N4O4S2. The number of aryl methyl sites for hydroxylation is 1. The summed E-state index contributed by atoms with van der Waals surface area (Å²) in [6.45, 7) is 1.88. The molecule has 0 aliphatic carbocycles. The molecule has 10 heteroatoms. The number of rotatable bonds is 5. The van der Waals surface area contributed by atoms with E-state index in [-0.39, 0.29) is 27.9 Å². The van der Waals surface area contributed by atoms with Crippen LogP contribution in [0.4, 0.5) is 10.8 Å². The molecule has 2 heterocycles. The van der Waals surface area contributed by atoms with Crippen LogP contribution in [0.2, 0.25) is 0 Å². The van der Waals surface area contributed by atoms with Gasteiger partial charge in [-0.15, -0.1) is 11.3 Å². The lowest BCUT2D eigenvalue weighted by atomic mass is 10.3. The van der Waals surface area contributed by atoms with Crippen molar-refractivity contribution in [3.8, 4) is 0 Å². The second-order valence-corrected chi connectivity index (χ2v) is 6.61. The molecule has 0 bridgehead atoms. The number of sulfonamides is 1. The number of esters is 1. The van der Waals surface area contributed by atoms with Crippen LogP contribution in [0, 0.1) is 0 Å². The summed E-state index contributed by atoms with van der Waals surface area (Å²) in [5, 5.41) is 5.55. The minimum atomic E-state index is -3.92. The van der Waals surface area contributed by atoms with Gasteiger partial charge in [-0.05, 0) is 18.4 Å². The van der Waals surface area contributed by atoms with Crippen molar-refractivity contribution in [1.29, 1.82) is 0 Å². The maximum absolute atomic E-state index is 12.3. The standard InChI is InChI=1S/C11H14N4O4S2/c1-3-19-11(16)7-4-5-20-10(7)14-21(17,18)8-6-15(2)13-9(8)12/h4-6,14H,3H2,1-2H3,(H2,12,13). The zero-order valence-corrected chi connectivity index (χ0v) is 13.0. The van der Waals surface area contributed by atoms with Crippen LogP contribution in [0.15, 0.2) is 22.5 Å². The molecule has 2 aromatic heterocycles. The molecule has 0 saturated heterocycles. The van der Waals surface area contributed by atoms with Crippen LogP contribution in [0.1, 0.15) is 17.3 Å². The number of carbonyl (C=O) groups excluding carboxylic acids is 1. The Balaban J connectivity index is 2.32. The fourth-order valence-corrected chi connectivity index (χ4v) is 3.84. The predicted octanol–water partition coefficient (Wildman–Crippen LogP) is 1.04. The summed E-state index contributed by atoms with van der Waals surface area (Å²) in [4.78, 5) is 11.6. The van der Waals surface area contributed by atoms with Crippen molar-refractivity contribution in [2.75, 3.05) is 17.1 Å². The summed E-state index contributed by atoms with van der Waals surface area (Å²) in [5.74, 6) is -0.699. The minimum absolute atomic E-state index is 0.112. The molecule has 2 aromatic rings. The first-order chi connectivity index (χ1) is 9.85. The lowest BCUT2D eigenvalue weighted by Crippen LogP contribution is -2.15. The zero-order valence-electron chi connectivity index (χ0n) is 11.4. The van der Waals surface area contributed by atoms with Crippen molar-refractivity contribution in [2.24, 2.45) is 7.05 Å². The van der Waals surface area contributed by atoms with Gasteiger partial charge in [0.1, 0.15) is 9.90 Å². The molecule has 3 N–H and O–H groups in total. The molecule has 21 heavy (non-hydrogen) atoms. The van der Waals surface area contributed by atoms with Crippen molar-refractivity contribution in [1.82, 2.24) is 9.78 Å². The van der Waals surface area contributed by atoms with Gasteiger partial charge in [0.25, 0.3) is 10.0 Å². The highest BCUT2D eigenvalue weighted by molar-refractivity contribution is 7.93. The number of nitrogens with two attached hydrogens (primary N) is 1. The van der Waals surface area contributed by atoms with E-state index in [9.17, 15) is 13.2 Å². The summed E-state index contributed by atoms with van der Waals surface area (Å²) in [5.41, 5.74) is 5.72. The predicted molar refractivity (Wildman–Crippen MR) is 78.7 cm³/mol. The average molecular weight is 330 g/mol. The quantitative estimate of drug-likeness (QED) is 0.791. The van der Waals surface area contributed by atoms with Crippen molar-refractivity contribution in [3.63, 3.8) is 0 Å². The number of aromatic nitrogens is 2. The van der Waals surface area contributed by atoms with Crippen LogP contribution >= 0.6 is 11.3 Å². The van der Waals surface area contributed by atoms with Crippen LogP contribution in [-0.4, -0.2) is 30.8 Å². The summed E-state index contributed by atoms with van der Waals surface area (Å²) >= 11 is 1.08. The Labute approximate surface area is 125 Å². The third-order valence-electron chi connectivity index (χ3n) is 2.50. The summed E-state index contributed by atoms with van der Waals surface area (Å²) in [6.07, 6.45) is 1.29. The molecule has 0 aromatic carbocycles. The van der Waals surface area contributed by atoms with Gasteiger partial charge in [-0.3, -0.25) is 9.40 Å². The van der Waals surface area contributed by atoms with Crippen molar-refractivity contribution >= 4 is 38.1 Å². The van der Waals surface area contributed by atoms with Gasteiger partial charge in [-0.2, -0.15) is 5.10 Å². The van der Waals surface area contributed by atoms with Crippen molar-refractivity contribution in [3.05, 3.63) is 23.2 Å². The molecule has 0 fully saturated rings. The zero-order chi connectivity index (χ0) is 15.6. The first-order valence-corrected chi connectivity index (χ1v) is 8.28. The molecule has 8 nitrogen and oxygen atoms in total. The van der Waals surface area contributed by atoms with E-state index in [1.165, 1.54) is 16.9 Å². The van der Waals surface area contributed by atoms with Gasteiger partial charge >= 0.3 is 5.97 Å². The van der Waals surface area contributed by atoms with Gasteiger partial charge < -0.3 is 10.5 Å². The Bertz CT molecular complexity index is 763. The van der Waals surface area contributed by atoms with Crippen LogP contribution in [0.3, 0.4) is 0 Å². The smallest absolute Gasteiger partial charge is 0.341 e. The van der Waals surface area contributed by atoms with E-state index in [1.807, 2.05) is 0 Å². The topological polar surface area (TPSA) is 116 Å². The van der Waals surface area contributed by atoms with Gasteiger partial charge in [0, 0.05) is 13.2 Å². The third-order valence-corrected chi connectivity index (χ3v) is 4.82. The van der Waals surface area contributed by atoms with E-state index in [0.717, 1.165) is 11.3 Å². The van der Waals surface area contributed by atoms with Crippen LogP contribution < -0.4 is 10.5 Å². The molecule has 0 saturated carbocycles.